The number of hydrogen-bond donors (Lipinski definition) is 0. The highest BCUT2D eigenvalue weighted by atomic mass is 32.2. The Balaban J connectivity index is 3.21. The van der Waals surface area contributed by atoms with Gasteiger partial charge in [-0.2, -0.15) is 0 Å². The first-order valence-electron chi connectivity index (χ1n) is 7.19. The first-order valence-corrected chi connectivity index (χ1v) is 10.6. The fourth-order valence-electron chi connectivity index (χ4n) is 2.22. The molecule has 0 saturated heterocycles. The molecule has 0 saturated carbocycles. The molecule has 0 aliphatic carbocycles. The summed E-state index contributed by atoms with van der Waals surface area (Å²) >= 11 is 0. The molecule has 4 nitrogen and oxygen atoms in total. The van der Waals surface area contributed by atoms with E-state index in [0.29, 0.717) is 12.8 Å². The Morgan fingerprint density at radius 1 is 1.10 bits per heavy atom. The average molecular weight is 331 g/mol. The third-order valence-corrected chi connectivity index (χ3v) is 6.70. The van der Waals surface area contributed by atoms with Crippen molar-refractivity contribution >= 4 is 19.7 Å². The van der Waals surface area contributed by atoms with Crippen LogP contribution in [-0.2, 0) is 19.7 Å². The van der Waals surface area contributed by atoms with E-state index in [1.807, 2.05) is 13.8 Å². The number of benzene rings is 1. The van der Waals surface area contributed by atoms with Crippen LogP contribution >= 0.6 is 0 Å². The molecule has 0 N–H and O–H groups in total. The summed E-state index contributed by atoms with van der Waals surface area (Å²) in [6.45, 7) is 3.98. The van der Waals surface area contributed by atoms with Gasteiger partial charge in [-0.15, -0.1) is 0 Å². The fourth-order valence-corrected chi connectivity index (χ4v) is 4.86. The van der Waals surface area contributed by atoms with Crippen molar-refractivity contribution in [2.75, 3.05) is 6.26 Å². The second-order valence-electron chi connectivity index (χ2n) is 5.26. The summed E-state index contributed by atoms with van der Waals surface area (Å²) in [5, 5.41) is -0.447. The molecule has 6 heteroatoms. The van der Waals surface area contributed by atoms with Gasteiger partial charge in [-0.3, -0.25) is 0 Å². The van der Waals surface area contributed by atoms with Crippen LogP contribution in [0.1, 0.15) is 46.0 Å². The zero-order valence-corrected chi connectivity index (χ0v) is 14.4. The van der Waals surface area contributed by atoms with Crippen molar-refractivity contribution in [2.45, 2.75) is 61.0 Å². The van der Waals surface area contributed by atoms with Crippen LogP contribution in [0.15, 0.2) is 28.0 Å². The van der Waals surface area contributed by atoms with Crippen LogP contribution in [0, 0.1) is 6.07 Å². The minimum Gasteiger partial charge on any atom is -0.224 e. The molecule has 1 aromatic carbocycles. The minimum atomic E-state index is -3.50. The lowest BCUT2D eigenvalue weighted by Gasteiger charge is -2.17. The minimum absolute atomic E-state index is 0.0747. The molecule has 0 spiro atoms. The van der Waals surface area contributed by atoms with Crippen LogP contribution in [0.5, 0.6) is 0 Å². The third kappa shape index (κ3) is 4.81. The van der Waals surface area contributed by atoms with Crippen molar-refractivity contribution < 1.29 is 16.8 Å². The fraction of sp³-hybridized carbons (Fsp3) is 0.600. The van der Waals surface area contributed by atoms with Gasteiger partial charge in [0.15, 0.2) is 19.7 Å². The van der Waals surface area contributed by atoms with Gasteiger partial charge in [-0.1, -0.05) is 39.2 Å². The Bertz CT molecular complexity index is 661. The standard InChI is InChI=1S/C15H23O4S2/c1-4-6-9-13(8-5-2)21(18,19)15-11-7-10-14(12-15)20(3,16)17/h7,11-13H,4-6,8-9H2,1-3H3. The SMILES string of the molecule is CCCCC(CCC)S(=O)(=O)c1cc[c]c(S(C)(=O)=O)c1. The summed E-state index contributed by atoms with van der Waals surface area (Å²) in [6.07, 6.45) is 4.82. The van der Waals surface area contributed by atoms with Gasteiger partial charge in [0.25, 0.3) is 0 Å². The zero-order chi connectivity index (χ0) is 16.1. The Labute approximate surface area is 128 Å². The molecule has 1 atom stereocenters. The largest absolute Gasteiger partial charge is 0.224 e. The van der Waals surface area contributed by atoms with E-state index in [1.54, 1.807) is 0 Å². The summed E-state index contributed by atoms with van der Waals surface area (Å²) in [5.74, 6) is 0. The van der Waals surface area contributed by atoms with E-state index in [4.69, 9.17) is 0 Å². The van der Waals surface area contributed by atoms with Gasteiger partial charge in [0.2, 0.25) is 0 Å². The zero-order valence-electron chi connectivity index (χ0n) is 12.8. The van der Waals surface area contributed by atoms with Crippen molar-refractivity contribution in [3.63, 3.8) is 0 Å². The lowest BCUT2D eigenvalue weighted by molar-refractivity contribution is 0.547. The number of unbranched alkanes of at least 4 members (excludes halogenated alkanes) is 1. The molecule has 1 radical (unpaired) electrons. The van der Waals surface area contributed by atoms with E-state index < -0.39 is 24.9 Å². The van der Waals surface area contributed by atoms with E-state index in [2.05, 4.69) is 6.07 Å². The first-order chi connectivity index (χ1) is 9.73. The molecule has 0 aromatic heterocycles. The summed E-state index contributed by atoms with van der Waals surface area (Å²) in [5.41, 5.74) is 0. The molecular formula is C15H23O4S2. The highest BCUT2D eigenvalue weighted by molar-refractivity contribution is 7.92. The Kier molecular flexibility index (Phi) is 6.41. The van der Waals surface area contributed by atoms with Gasteiger partial charge in [0, 0.05) is 12.3 Å². The molecule has 1 aromatic rings. The lowest BCUT2D eigenvalue weighted by Crippen LogP contribution is -2.21. The van der Waals surface area contributed by atoms with Crippen molar-refractivity contribution in [3.05, 3.63) is 24.3 Å². The van der Waals surface area contributed by atoms with Crippen LogP contribution in [0.25, 0.3) is 0 Å². The second kappa shape index (κ2) is 7.40. The highest BCUT2D eigenvalue weighted by Crippen LogP contribution is 2.25. The summed E-state index contributed by atoms with van der Waals surface area (Å²) < 4.78 is 48.5. The Hall–Kier alpha value is -0.880. The van der Waals surface area contributed by atoms with Crippen molar-refractivity contribution in [1.29, 1.82) is 0 Å². The predicted molar refractivity (Wildman–Crippen MR) is 83.8 cm³/mol. The molecule has 0 aliphatic rings. The molecule has 21 heavy (non-hydrogen) atoms. The van der Waals surface area contributed by atoms with E-state index in [1.165, 1.54) is 18.2 Å². The van der Waals surface area contributed by atoms with Crippen molar-refractivity contribution in [1.82, 2.24) is 0 Å². The van der Waals surface area contributed by atoms with E-state index in [-0.39, 0.29) is 9.79 Å². The molecule has 0 bridgehead atoms. The monoisotopic (exact) mass is 331 g/mol. The molecule has 1 unspecified atom stereocenters. The molecule has 0 amide bonds. The molecular weight excluding hydrogens is 308 g/mol. The predicted octanol–water partition coefficient (Wildman–Crippen LogP) is 3.02. The van der Waals surface area contributed by atoms with E-state index in [0.717, 1.165) is 25.5 Å². The maximum Gasteiger partial charge on any atom is 0.181 e. The summed E-state index contributed by atoms with van der Waals surface area (Å²) in [4.78, 5) is 0.00513. The smallest absolute Gasteiger partial charge is 0.181 e. The van der Waals surface area contributed by atoms with Crippen molar-refractivity contribution in [3.8, 4) is 0 Å². The normalized spacial score (nSPS) is 14.0. The van der Waals surface area contributed by atoms with E-state index >= 15 is 0 Å². The second-order valence-corrected chi connectivity index (χ2v) is 9.47. The average Bonchev–Trinajstić information content (AvgIpc) is 2.42. The van der Waals surface area contributed by atoms with E-state index in [9.17, 15) is 16.8 Å². The molecule has 0 heterocycles. The van der Waals surface area contributed by atoms with Crippen LogP contribution in [-0.4, -0.2) is 28.3 Å². The van der Waals surface area contributed by atoms with Crippen LogP contribution in [0.3, 0.4) is 0 Å². The number of hydrogen-bond acceptors (Lipinski definition) is 4. The van der Waals surface area contributed by atoms with Gasteiger partial charge < -0.3 is 0 Å². The number of sulfone groups is 2. The van der Waals surface area contributed by atoms with Gasteiger partial charge in [-0.05, 0) is 25.0 Å². The van der Waals surface area contributed by atoms with Gasteiger partial charge in [-0.25, -0.2) is 16.8 Å². The van der Waals surface area contributed by atoms with Crippen LogP contribution < -0.4 is 0 Å². The summed E-state index contributed by atoms with van der Waals surface area (Å²) in [7, 11) is -6.96. The van der Waals surface area contributed by atoms with Gasteiger partial charge >= 0.3 is 0 Å². The maximum atomic E-state index is 12.7. The van der Waals surface area contributed by atoms with Gasteiger partial charge in [0.1, 0.15) is 0 Å². The quantitative estimate of drug-likeness (QED) is 0.734. The Morgan fingerprint density at radius 3 is 2.29 bits per heavy atom. The summed E-state index contributed by atoms with van der Waals surface area (Å²) in [6, 6.07) is 6.60. The maximum absolute atomic E-state index is 12.7. The first kappa shape index (κ1) is 18.2. The Morgan fingerprint density at radius 2 is 1.76 bits per heavy atom. The topological polar surface area (TPSA) is 68.3 Å². The van der Waals surface area contributed by atoms with Crippen molar-refractivity contribution in [2.24, 2.45) is 0 Å². The van der Waals surface area contributed by atoms with Crippen LogP contribution in [0.2, 0.25) is 0 Å². The molecule has 119 valence electrons. The third-order valence-electron chi connectivity index (χ3n) is 3.40. The lowest BCUT2D eigenvalue weighted by atomic mass is 10.1. The van der Waals surface area contributed by atoms with Gasteiger partial charge in [0.05, 0.1) is 15.0 Å². The molecule has 1 rings (SSSR count). The highest BCUT2D eigenvalue weighted by Gasteiger charge is 2.27. The molecule has 0 aliphatic heterocycles. The van der Waals surface area contributed by atoms with Crippen LogP contribution in [0.4, 0.5) is 0 Å². The number of rotatable bonds is 8. The molecule has 0 fully saturated rings.